The highest BCUT2D eigenvalue weighted by molar-refractivity contribution is 5.11. The van der Waals surface area contributed by atoms with E-state index in [2.05, 4.69) is 25.3 Å². The molecule has 1 aliphatic heterocycles. The molecule has 1 aliphatic carbocycles. The number of aliphatic hydroxyl groups excluding tert-OH is 1. The van der Waals surface area contributed by atoms with Gasteiger partial charge in [-0.3, -0.25) is 4.90 Å². The van der Waals surface area contributed by atoms with Crippen LogP contribution >= 0.6 is 0 Å². The first-order valence-corrected chi connectivity index (χ1v) is 5.62. The van der Waals surface area contributed by atoms with E-state index in [1.54, 1.807) is 0 Å². The summed E-state index contributed by atoms with van der Waals surface area (Å²) in [7, 11) is 0. The highest BCUT2D eigenvalue weighted by Crippen LogP contribution is 2.52. The predicted molar refractivity (Wildman–Crippen MR) is 58.1 cm³/mol. The van der Waals surface area contributed by atoms with Gasteiger partial charge in [-0.1, -0.05) is 19.9 Å². The molecular formula is C12H21NO. The van der Waals surface area contributed by atoms with E-state index in [4.69, 9.17) is 0 Å². The van der Waals surface area contributed by atoms with E-state index in [0.717, 1.165) is 6.54 Å². The normalized spacial score (nSPS) is 41.2. The summed E-state index contributed by atoms with van der Waals surface area (Å²) in [5, 5.41) is 10.0. The molecule has 2 fully saturated rings. The highest BCUT2D eigenvalue weighted by atomic mass is 16.3. The van der Waals surface area contributed by atoms with Gasteiger partial charge < -0.3 is 5.11 Å². The minimum absolute atomic E-state index is 0.0775. The van der Waals surface area contributed by atoms with Gasteiger partial charge in [-0.05, 0) is 19.4 Å². The van der Waals surface area contributed by atoms with Crippen LogP contribution in [0.15, 0.2) is 12.7 Å². The van der Waals surface area contributed by atoms with Crippen molar-refractivity contribution in [1.29, 1.82) is 0 Å². The van der Waals surface area contributed by atoms with Crippen LogP contribution in [0, 0.1) is 11.3 Å². The molecule has 14 heavy (non-hydrogen) atoms. The van der Waals surface area contributed by atoms with Crippen LogP contribution in [0.4, 0.5) is 0 Å². The Morgan fingerprint density at radius 2 is 2.29 bits per heavy atom. The van der Waals surface area contributed by atoms with Gasteiger partial charge >= 0.3 is 0 Å². The molecule has 0 amide bonds. The molecule has 2 rings (SSSR count). The molecule has 0 aromatic carbocycles. The van der Waals surface area contributed by atoms with E-state index >= 15 is 0 Å². The summed E-state index contributed by atoms with van der Waals surface area (Å²) in [6.07, 6.45) is 4.30. The molecule has 80 valence electrons. The maximum Gasteiger partial charge on any atom is 0.0649 e. The molecule has 1 saturated carbocycles. The first-order valence-electron chi connectivity index (χ1n) is 5.62. The van der Waals surface area contributed by atoms with E-state index in [1.807, 2.05) is 6.08 Å². The Balaban J connectivity index is 2.12. The third-order valence-corrected chi connectivity index (χ3v) is 4.08. The number of nitrogens with zero attached hydrogens (tertiary/aromatic N) is 1. The first-order chi connectivity index (χ1) is 6.59. The van der Waals surface area contributed by atoms with Crippen molar-refractivity contribution < 1.29 is 5.11 Å². The van der Waals surface area contributed by atoms with Gasteiger partial charge in [-0.15, -0.1) is 6.58 Å². The third kappa shape index (κ3) is 1.24. The van der Waals surface area contributed by atoms with Crippen LogP contribution in [0.5, 0.6) is 0 Å². The van der Waals surface area contributed by atoms with Crippen molar-refractivity contribution in [1.82, 2.24) is 4.90 Å². The van der Waals surface area contributed by atoms with Gasteiger partial charge in [-0.25, -0.2) is 0 Å². The lowest BCUT2D eigenvalue weighted by molar-refractivity contribution is -0.189. The number of rotatable bonds is 2. The molecule has 1 heterocycles. The summed E-state index contributed by atoms with van der Waals surface area (Å²) >= 11 is 0. The number of fused-ring (bicyclic) bond motifs is 1. The van der Waals surface area contributed by atoms with E-state index in [-0.39, 0.29) is 11.5 Å². The standard InChI is InChI=1S/C12H21NO/c1-4-7-13-8-5-6-9-10(13)12(2,3)11(9)14/h4,9-11,14H,1,5-8H2,2-3H3. The van der Waals surface area contributed by atoms with E-state index in [9.17, 15) is 5.11 Å². The number of piperidine rings is 1. The monoisotopic (exact) mass is 195 g/mol. The lowest BCUT2D eigenvalue weighted by Gasteiger charge is -2.62. The second-order valence-electron chi connectivity index (χ2n) is 5.30. The quantitative estimate of drug-likeness (QED) is 0.677. The number of hydrogen-bond donors (Lipinski definition) is 1. The Hall–Kier alpha value is -0.340. The summed E-state index contributed by atoms with van der Waals surface area (Å²) in [6, 6.07) is 0.573. The predicted octanol–water partition coefficient (Wildman–Crippen LogP) is 1.65. The maximum absolute atomic E-state index is 10.0. The molecule has 0 aromatic rings. The fourth-order valence-corrected chi connectivity index (χ4v) is 3.43. The van der Waals surface area contributed by atoms with Gasteiger partial charge in [0.15, 0.2) is 0 Å². The van der Waals surface area contributed by atoms with Gasteiger partial charge in [-0.2, -0.15) is 0 Å². The fourth-order valence-electron chi connectivity index (χ4n) is 3.43. The van der Waals surface area contributed by atoms with Gasteiger partial charge in [0.2, 0.25) is 0 Å². The van der Waals surface area contributed by atoms with E-state index in [0.29, 0.717) is 12.0 Å². The Kier molecular flexibility index (Phi) is 2.44. The minimum atomic E-state index is -0.0971. The summed E-state index contributed by atoms with van der Waals surface area (Å²) in [5.74, 6) is 0.513. The molecule has 2 aliphatic rings. The molecule has 3 atom stereocenters. The zero-order chi connectivity index (χ0) is 10.3. The SMILES string of the molecule is C=CCN1CCCC2C(O)C(C)(C)C21. The van der Waals surface area contributed by atoms with Crippen LogP contribution in [-0.2, 0) is 0 Å². The summed E-state index contributed by atoms with van der Waals surface area (Å²) in [5.41, 5.74) is 0.0775. The topological polar surface area (TPSA) is 23.5 Å². The number of hydrogen-bond acceptors (Lipinski definition) is 2. The maximum atomic E-state index is 10.0. The van der Waals surface area contributed by atoms with Crippen LogP contribution in [0.2, 0.25) is 0 Å². The van der Waals surface area contributed by atoms with Crippen LogP contribution < -0.4 is 0 Å². The van der Waals surface area contributed by atoms with Crippen molar-refractivity contribution in [3.05, 3.63) is 12.7 Å². The molecular weight excluding hydrogens is 174 g/mol. The summed E-state index contributed by atoms with van der Waals surface area (Å²) < 4.78 is 0. The Morgan fingerprint density at radius 1 is 1.57 bits per heavy atom. The molecule has 1 saturated heterocycles. The fraction of sp³-hybridized carbons (Fsp3) is 0.833. The largest absolute Gasteiger partial charge is 0.392 e. The van der Waals surface area contributed by atoms with Crippen LogP contribution in [0.3, 0.4) is 0 Å². The van der Waals surface area contributed by atoms with E-state index < -0.39 is 0 Å². The average molecular weight is 195 g/mol. The van der Waals surface area contributed by atoms with Gasteiger partial charge in [0, 0.05) is 23.9 Å². The van der Waals surface area contributed by atoms with Crippen molar-refractivity contribution in [2.75, 3.05) is 13.1 Å². The van der Waals surface area contributed by atoms with Crippen molar-refractivity contribution in [2.24, 2.45) is 11.3 Å². The number of aliphatic hydroxyl groups is 1. The summed E-state index contributed by atoms with van der Waals surface area (Å²) in [4.78, 5) is 2.48. The second kappa shape index (κ2) is 3.35. The molecule has 0 spiro atoms. The molecule has 1 N–H and O–H groups in total. The van der Waals surface area contributed by atoms with Crippen molar-refractivity contribution in [3.63, 3.8) is 0 Å². The van der Waals surface area contributed by atoms with Crippen molar-refractivity contribution >= 4 is 0 Å². The zero-order valence-corrected chi connectivity index (χ0v) is 9.24. The Morgan fingerprint density at radius 3 is 2.93 bits per heavy atom. The molecule has 0 bridgehead atoms. The lowest BCUT2D eigenvalue weighted by Crippen LogP contribution is -2.70. The van der Waals surface area contributed by atoms with Gasteiger partial charge in [0.1, 0.15) is 0 Å². The smallest absolute Gasteiger partial charge is 0.0649 e. The van der Waals surface area contributed by atoms with Crippen LogP contribution in [0.1, 0.15) is 26.7 Å². The van der Waals surface area contributed by atoms with Crippen molar-refractivity contribution in [3.8, 4) is 0 Å². The van der Waals surface area contributed by atoms with Crippen LogP contribution in [-0.4, -0.2) is 35.2 Å². The first kappa shape index (κ1) is 10.2. The Labute approximate surface area is 86.6 Å². The highest BCUT2D eigenvalue weighted by Gasteiger charge is 2.58. The molecule has 2 nitrogen and oxygen atoms in total. The second-order valence-corrected chi connectivity index (χ2v) is 5.30. The molecule has 0 radical (unpaired) electrons. The lowest BCUT2D eigenvalue weighted by atomic mass is 9.54. The minimum Gasteiger partial charge on any atom is -0.392 e. The summed E-state index contributed by atoms with van der Waals surface area (Å²) in [6.45, 7) is 10.3. The average Bonchev–Trinajstić information content (AvgIpc) is 2.17. The molecule has 2 heteroatoms. The Bertz CT molecular complexity index is 236. The molecule has 0 aromatic heterocycles. The molecule has 3 unspecified atom stereocenters. The van der Waals surface area contributed by atoms with Crippen LogP contribution in [0.25, 0.3) is 0 Å². The number of likely N-dealkylation sites (tertiary alicyclic amines) is 1. The van der Waals surface area contributed by atoms with Gasteiger partial charge in [0.05, 0.1) is 6.10 Å². The zero-order valence-electron chi connectivity index (χ0n) is 9.24. The van der Waals surface area contributed by atoms with E-state index in [1.165, 1.54) is 19.4 Å². The third-order valence-electron chi connectivity index (χ3n) is 4.08. The van der Waals surface area contributed by atoms with Crippen molar-refractivity contribution in [2.45, 2.75) is 38.8 Å². The van der Waals surface area contributed by atoms with Gasteiger partial charge in [0.25, 0.3) is 0 Å².